The Morgan fingerprint density at radius 1 is 0.839 bits per heavy atom. The highest BCUT2D eigenvalue weighted by Gasteiger charge is 2.11. The largest absolute Gasteiger partial charge is 0.507 e. The van der Waals surface area contributed by atoms with Gasteiger partial charge in [-0.2, -0.15) is 0 Å². The van der Waals surface area contributed by atoms with E-state index in [1.54, 1.807) is 12.4 Å². The Hall–Kier alpha value is -4.32. The number of phenols is 1. The molecule has 6 nitrogen and oxygen atoms in total. The predicted molar refractivity (Wildman–Crippen MR) is 116 cm³/mol. The Balaban J connectivity index is 1.49. The summed E-state index contributed by atoms with van der Waals surface area (Å²) in [5.74, 6) is 0.231. The molecule has 0 unspecified atom stereocenters. The first kappa shape index (κ1) is 20.0. The van der Waals surface area contributed by atoms with Crippen molar-refractivity contribution in [3.8, 4) is 34.1 Å². The number of pyridine rings is 1. The third-order valence-corrected chi connectivity index (χ3v) is 4.57. The molecule has 31 heavy (non-hydrogen) atoms. The van der Waals surface area contributed by atoms with Crippen molar-refractivity contribution in [3.63, 3.8) is 0 Å². The molecular weight excluding hydrogens is 394 g/mol. The average Bonchev–Trinajstić information content (AvgIpc) is 2.79. The maximum atomic E-state index is 11.2. The summed E-state index contributed by atoms with van der Waals surface area (Å²) in [6, 6.07) is 23.4. The van der Waals surface area contributed by atoms with E-state index in [1.165, 1.54) is 18.2 Å². The summed E-state index contributed by atoms with van der Waals surface area (Å²) in [6.45, 7) is 0.254. The van der Waals surface area contributed by atoms with Crippen molar-refractivity contribution in [3.05, 3.63) is 102 Å². The minimum atomic E-state index is -1.21. The first-order valence-electron chi connectivity index (χ1n) is 9.55. The summed E-state index contributed by atoms with van der Waals surface area (Å²) in [5, 5.41) is 18.7. The zero-order valence-corrected chi connectivity index (χ0v) is 16.4. The summed E-state index contributed by atoms with van der Waals surface area (Å²) in [6.07, 6.45) is 3.35. The van der Waals surface area contributed by atoms with E-state index in [1.807, 2.05) is 60.7 Å². The van der Waals surface area contributed by atoms with Crippen LogP contribution in [0.5, 0.6) is 23.0 Å². The number of aromatic hydroxyl groups is 1. The van der Waals surface area contributed by atoms with E-state index in [2.05, 4.69) is 4.98 Å². The number of hydrogen-bond acceptors (Lipinski definition) is 5. The number of rotatable bonds is 7. The van der Waals surface area contributed by atoms with Gasteiger partial charge in [0.25, 0.3) is 0 Å². The molecule has 0 spiro atoms. The third-order valence-electron chi connectivity index (χ3n) is 4.57. The van der Waals surface area contributed by atoms with Gasteiger partial charge in [-0.05, 0) is 65.2 Å². The van der Waals surface area contributed by atoms with Crippen molar-refractivity contribution in [2.45, 2.75) is 6.61 Å². The molecule has 0 aliphatic rings. The van der Waals surface area contributed by atoms with Crippen LogP contribution >= 0.6 is 0 Å². The Labute approximate surface area is 179 Å². The highest BCUT2D eigenvalue weighted by atomic mass is 16.5. The van der Waals surface area contributed by atoms with E-state index < -0.39 is 5.97 Å². The average molecular weight is 413 g/mol. The molecule has 6 heteroatoms. The Kier molecular flexibility index (Phi) is 5.80. The molecule has 0 fully saturated rings. The standard InChI is InChI=1S/C25H19NO5/c27-24-10-9-20(14-23(24)25(28)29)30-16-17-4-1-5-18(12-17)19-6-2-7-21(13-19)31-22-8-3-11-26-15-22/h1-15,27H,16H2,(H,28,29). The van der Waals surface area contributed by atoms with Crippen molar-refractivity contribution in [2.75, 3.05) is 0 Å². The molecule has 0 saturated carbocycles. The molecule has 0 amide bonds. The number of ether oxygens (including phenoxy) is 2. The van der Waals surface area contributed by atoms with Gasteiger partial charge in [0.05, 0.1) is 6.20 Å². The quantitative estimate of drug-likeness (QED) is 0.414. The highest BCUT2D eigenvalue weighted by molar-refractivity contribution is 5.91. The fourth-order valence-electron chi connectivity index (χ4n) is 3.07. The van der Waals surface area contributed by atoms with Gasteiger partial charge in [0.2, 0.25) is 0 Å². The van der Waals surface area contributed by atoms with Gasteiger partial charge in [0.1, 0.15) is 35.2 Å². The number of aromatic carboxylic acids is 1. The molecule has 154 valence electrons. The minimum Gasteiger partial charge on any atom is -0.507 e. The van der Waals surface area contributed by atoms with Crippen molar-refractivity contribution < 1.29 is 24.5 Å². The fraction of sp³-hybridized carbons (Fsp3) is 0.0400. The number of carboxylic acids is 1. The van der Waals surface area contributed by atoms with E-state index in [-0.39, 0.29) is 17.9 Å². The topological polar surface area (TPSA) is 88.9 Å². The molecule has 4 rings (SSSR count). The van der Waals surface area contributed by atoms with Crippen LogP contribution in [-0.4, -0.2) is 21.2 Å². The Morgan fingerprint density at radius 2 is 1.61 bits per heavy atom. The van der Waals surface area contributed by atoms with Gasteiger partial charge in [-0.25, -0.2) is 4.79 Å². The zero-order chi connectivity index (χ0) is 21.6. The number of nitrogens with zero attached hydrogens (tertiary/aromatic N) is 1. The summed E-state index contributed by atoms with van der Waals surface area (Å²) < 4.78 is 11.6. The van der Waals surface area contributed by atoms with Crippen LogP contribution in [0.4, 0.5) is 0 Å². The second kappa shape index (κ2) is 9.00. The summed E-state index contributed by atoms with van der Waals surface area (Å²) >= 11 is 0. The first-order valence-corrected chi connectivity index (χ1v) is 9.55. The van der Waals surface area contributed by atoms with Gasteiger partial charge < -0.3 is 19.7 Å². The molecule has 0 aliphatic heterocycles. The molecule has 1 heterocycles. The van der Waals surface area contributed by atoms with Crippen LogP contribution in [0.2, 0.25) is 0 Å². The number of carbonyl (C=O) groups is 1. The van der Waals surface area contributed by atoms with Crippen molar-refractivity contribution >= 4 is 5.97 Å². The molecule has 3 aromatic carbocycles. The van der Waals surface area contributed by atoms with E-state index in [4.69, 9.17) is 14.6 Å². The lowest BCUT2D eigenvalue weighted by Gasteiger charge is -2.10. The lowest BCUT2D eigenvalue weighted by molar-refractivity contribution is 0.0693. The lowest BCUT2D eigenvalue weighted by atomic mass is 10.0. The molecule has 0 saturated heterocycles. The summed E-state index contributed by atoms with van der Waals surface area (Å²) in [5.41, 5.74) is 2.70. The van der Waals surface area contributed by atoms with Crippen LogP contribution in [-0.2, 0) is 6.61 Å². The first-order chi connectivity index (χ1) is 15.1. The molecule has 0 bridgehead atoms. The summed E-state index contributed by atoms with van der Waals surface area (Å²) in [7, 11) is 0. The van der Waals surface area contributed by atoms with Gasteiger partial charge in [-0.1, -0.05) is 30.3 Å². The van der Waals surface area contributed by atoms with Crippen molar-refractivity contribution in [2.24, 2.45) is 0 Å². The fourth-order valence-corrected chi connectivity index (χ4v) is 3.07. The predicted octanol–water partition coefficient (Wildman–Crippen LogP) is 5.52. The van der Waals surface area contributed by atoms with E-state index in [9.17, 15) is 9.90 Å². The number of hydrogen-bond donors (Lipinski definition) is 2. The molecular formula is C25H19NO5. The van der Waals surface area contributed by atoms with Gasteiger partial charge in [-0.3, -0.25) is 4.98 Å². The van der Waals surface area contributed by atoms with Crippen molar-refractivity contribution in [1.29, 1.82) is 0 Å². The van der Waals surface area contributed by atoms with Crippen LogP contribution in [0.15, 0.2) is 91.3 Å². The number of benzene rings is 3. The summed E-state index contributed by atoms with van der Waals surface area (Å²) in [4.78, 5) is 15.2. The van der Waals surface area contributed by atoms with Gasteiger partial charge in [0.15, 0.2) is 0 Å². The lowest BCUT2D eigenvalue weighted by Crippen LogP contribution is -2.00. The van der Waals surface area contributed by atoms with Crippen molar-refractivity contribution in [1.82, 2.24) is 4.98 Å². The molecule has 4 aromatic rings. The van der Waals surface area contributed by atoms with E-state index in [0.29, 0.717) is 17.2 Å². The molecule has 2 N–H and O–H groups in total. The van der Waals surface area contributed by atoms with Gasteiger partial charge >= 0.3 is 5.97 Å². The minimum absolute atomic E-state index is 0.198. The second-order valence-electron chi connectivity index (χ2n) is 6.79. The second-order valence-corrected chi connectivity index (χ2v) is 6.79. The number of aromatic nitrogens is 1. The molecule has 0 aliphatic carbocycles. The van der Waals surface area contributed by atoms with Gasteiger partial charge in [-0.15, -0.1) is 0 Å². The zero-order valence-electron chi connectivity index (χ0n) is 16.4. The van der Waals surface area contributed by atoms with E-state index >= 15 is 0 Å². The van der Waals surface area contributed by atoms with Crippen LogP contribution in [0, 0.1) is 0 Å². The molecule has 0 atom stereocenters. The highest BCUT2D eigenvalue weighted by Crippen LogP contribution is 2.28. The van der Waals surface area contributed by atoms with Crippen LogP contribution in [0.25, 0.3) is 11.1 Å². The molecule has 0 radical (unpaired) electrons. The SMILES string of the molecule is O=C(O)c1cc(OCc2cccc(-c3cccc(Oc4cccnc4)c3)c2)ccc1O. The van der Waals surface area contributed by atoms with Crippen LogP contribution in [0.1, 0.15) is 15.9 Å². The molecule has 1 aromatic heterocycles. The Morgan fingerprint density at radius 3 is 2.39 bits per heavy atom. The monoisotopic (exact) mass is 413 g/mol. The maximum Gasteiger partial charge on any atom is 0.339 e. The normalized spacial score (nSPS) is 10.5. The maximum absolute atomic E-state index is 11.2. The number of carboxylic acid groups (broad SMARTS) is 1. The van der Waals surface area contributed by atoms with Crippen LogP contribution in [0.3, 0.4) is 0 Å². The van der Waals surface area contributed by atoms with Crippen LogP contribution < -0.4 is 9.47 Å². The van der Waals surface area contributed by atoms with E-state index in [0.717, 1.165) is 16.7 Å². The Bertz CT molecular complexity index is 1210. The van der Waals surface area contributed by atoms with Gasteiger partial charge in [0, 0.05) is 6.20 Å². The third kappa shape index (κ3) is 5.00. The smallest absolute Gasteiger partial charge is 0.339 e.